The lowest BCUT2D eigenvalue weighted by Gasteiger charge is -2.29. The predicted octanol–water partition coefficient (Wildman–Crippen LogP) is 6.22. The molecule has 2 rings (SSSR count). The largest absolute Gasteiger partial charge is 0.491 e. The number of quaternary nitrogens is 1. The van der Waals surface area contributed by atoms with Gasteiger partial charge in [-0.15, -0.1) is 0 Å². The quantitative estimate of drug-likeness (QED) is 0.271. The third kappa shape index (κ3) is 8.89. The SMILES string of the molecule is CCCCCC(C)(C)c1ccc(OCCOCC[N+](C)(C)Cc2ccccc2)cc1. The van der Waals surface area contributed by atoms with E-state index in [0.717, 1.165) is 29.9 Å². The minimum Gasteiger partial charge on any atom is -0.491 e. The van der Waals surface area contributed by atoms with Gasteiger partial charge in [-0.3, -0.25) is 0 Å². The molecular formula is C27H42NO2+. The van der Waals surface area contributed by atoms with Gasteiger partial charge in [0, 0.05) is 5.56 Å². The van der Waals surface area contributed by atoms with E-state index < -0.39 is 0 Å². The molecule has 0 aliphatic heterocycles. The fourth-order valence-corrected chi connectivity index (χ4v) is 3.75. The summed E-state index contributed by atoms with van der Waals surface area (Å²) < 4.78 is 12.6. The summed E-state index contributed by atoms with van der Waals surface area (Å²) in [5.41, 5.74) is 2.98. The lowest BCUT2D eigenvalue weighted by atomic mass is 9.80. The number of ether oxygens (including phenoxy) is 2. The van der Waals surface area contributed by atoms with Crippen molar-refractivity contribution in [3.63, 3.8) is 0 Å². The van der Waals surface area contributed by atoms with Crippen LogP contribution >= 0.6 is 0 Å². The first-order valence-electron chi connectivity index (χ1n) is 11.5. The fourth-order valence-electron chi connectivity index (χ4n) is 3.75. The van der Waals surface area contributed by atoms with Crippen LogP contribution in [0.15, 0.2) is 54.6 Å². The van der Waals surface area contributed by atoms with Crippen molar-refractivity contribution in [3.8, 4) is 5.75 Å². The summed E-state index contributed by atoms with van der Waals surface area (Å²) in [6, 6.07) is 19.3. The minimum atomic E-state index is 0.224. The van der Waals surface area contributed by atoms with E-state index >= 15 is 0 Å². The van der Waals surface area contributed by atoms with E-state index in [4.69, 9.17) is 9.47 Å². The molecule has 30 heavy (non-hydrogen) atoms. The highest BCUT2D eigenvalue weighted by Gasteiger charge is 2.20. The number of hydrogen-bond acceptors (Lipinski definition) is 2. The fraction of sp³-hybridized carbons (Fsp3) is 0.556. The van der Waals surface area contributed by atoms with Gasteiger partial charge in [0.05, 0.1) is 27.3 Å². The van der Waals surface area contributed by atoms with Crippen LogP contribution in [-0.2, 0) is 16.7 Å². The zero-order valence-electron chi connectivity index (χ0n) is 19.8. The molecule has 3 heteroatoms. The van der Waals surface area contributed by atoms with Crippen molar-refractivity contribution < 1.29 is 14.0 Å². The first-order valence-corrected chi connectivity index (χ1v) is 11.5. The number of nitrogens with zero attached hydrogens (tertiary/aromatic N) is 1. The standard InChI is InChI=1S/C27H42NO2/c1-6-7-11-18-27(2,3)25-14-16-26(17-15-25)30-22-21-29-20-19-28(4,5)23-24-12-9-8-10-13-24/h8-10,12-17H,6-7,11,18-23H2,1-5H3/q+1. The molecule has 0 amide bonds. The van der Waals surface area contributed by atoms with Crippen LogP contribution in [0.5, 0.6) is 5.75 Å². The maximum atomic E-state index is 5.87. The summed E-state index contributed by atoms with van der Waals surface area (Å²) in [6.45, 7) is 10.9. The molecule has 0 saturated heterocycles. The predicted molar refractivity (Wildman–Crippen MR) is 127 cm³/mol. The molecule has 0 spiro atoms. The van der Waals surface area contributed by atoms with Crippen molar-refractivity contribution in [1.29, 1.82) is 0 Å². The molecule has 0 aromatic heterocycles. The summed E-state index contributed by atoms with van der Waals surface area (Å²) in [6.07, 6.45) is 5.11. The Morgan fingerprint density at radius 2 is 1.53 bits per heavy atom. The van der Waals surface area contributed by atoms with E-state index in [0.29, 0.717) is 13.2 Å². The number of unbranched alkanes of at least 4 members (excludes halogenated alkanes) is 2. The molecule has 0 unspecified atom stereocenters. The molecule has 0 aliphatic carbocycles. The monoisotopic (exact) mass is 412 g/mol. The summed E-state index contributed by atoms with van der Waals surface area (Å²) in [4.78, 5) is 0. The molecule has 0 radical (unpaired) electrons. The molecule has 0 N–H and O–H groups in total. The Labute approximate surface area is 184 Å². The molecule has 3 nitrogen and oxygen atoms in total. The zero-order valence-corrected chi connectivity index (χ0v) is 19.8. The Bertz CT molecular complexity index is 707. The van der Waals surface area contributed by atoms with Crippen LogP contribution in [0.2, 0.25) is 0 Å². The third-order valence-electron chi connectivity index (χ3n) is 5.83. The zero-order chi connectivity index (χ0) is 21.9. The maximum Gasteiger partial charge on any atom is 0.119 e. The van der Waals surface area contributed by atoms with Gasteiger partial charge in [-0.05, 0) is 29.5 Å². The van der Waals surface area contributed by atoms with E-state index in [1.165, 1.54) is 36.8 Å². The second-order valence-electron chi connectivity index (χ2n) is 9.63. The highest BCUT2D eigenvalue weighted by atomic mass is 16.5. The van der Waals surface area contributed by atoms with Gasteiger partial charge in [-0.2, -0.15) is 0 Å². The van der Waals surface area contributed by atoms with Crippen LogP contribution in [0.4, 0.5) is 0 Å². The lowest BCUT2D eigenvalue weighted by Crippen LogP contribution is -2.41. The summed E-state index contributed by atoms with van der Waals surface area (Å²) in [5.74, 6) is 0.923. The Morgan fingerprint density at radius 1 is 0.833 bits per heavy atom. The normalized spacial score (nSPS) is 12.2. The van der Waals surface area contributed by atoms with Gasteiger partial charge in [0.2, 0.25) is 0 Å². The molecule has 0 saturated carbocycles. The van der Waals surface area contributed by atoms with Crippen LogP contribution in [0, 0.1) is 0 Å². The second-order valence-corrected chi connectivity index (χ2v) is 9.63. The highest BCUT2D eigenvalue weighted by molar-refractivity contribution is 5.31. The number of likely N-dealkylation sites (N-methyl/N-ethyl adjacent to an activating group) is 1. The smallest absolute Gasteiger partial charge is 0.119 e. The number of benzene rings is 2. The Morgan fingerprint density at radius 3 is 2.20 bits per heavy atom. The van der Waals surface area contributed by atoms with E-state index in [2.05, 4.69) is 89.5 Å². The minimum absolute atomic E-state index is 0.224. The van der Waals surface area contributed by atoms with Gasteiger partial charge in [0.1, 0.15) is 25.4 Å². The third-order valence-corrected chi connectivity index (χ3v) is 5.83. The van der Waals surface area contributed by atoms with Gasteiger partial charge in [0.15, 0.2) is 0 Å². The van der Waals surface area contributed by atoms with Crippen molar-refractivity contribution in [2.24, 2.45) is 0 Å². The number of rotatable bonds is 14. The Balaban J connectivity index is 1.64. The Hall–Kier alpha value is -1.84. The highest BCUT2D eigenvalue weighted by Crippen LogP contribution is 2.30. The summed E-state index contributed by atoms with van der Waals surface area (Å²) in [7, 11) is 4.50. The van der Waals surface area contributed by atoms with Crippen molar-refractivity contribution in [1.82, 2.24) is 0 Å². The molecule has 166 valence electrons. The molecule has 0 atom stereocenters. The molecule has 0 heterocycles. The topological polar surface area (TPSA) is 18.5 Å². The van der Waals surface area contributed by atoms with Gasteiger partial charge in [-0.1, -0.05) is 82.5 Å². The van der Waals surface area contributed by atoms with Crippen LogP contribution in [0.1, 0.15) is 57.6 Å². The molecule has 0 aliphatic rings. The van der Waals surface area contributed by atoms with E-state index in [9.17, 15) is 0 Å². The molecule has 0 fully saturated rings. The number of hydrogen-bond donors (Lipinski definition) is 0. The van der Waals surface area contributed by atoms with Crippen molar-refractivity contribution in [2.45, 2.75) is 58.4 Å². The van der Waals surface area contributed by atoms with Crippen LogP contribution in [-0.4, -0.2) is 44.9 Å². The van der Waals surface area contributed by atoms with E-state index in [-0.39, 0.29) is 5.41 Å². The summed E-state index contributed by atoms with van der Waals surface area (Å²) in [5, 5.41) is 0. The summed E-state index contributed by atoms with van der Waals surface area (Å²) >= 11 is 0. The first-order chi connectivity index (χ1) is 14.3. The average molecular weight is 413 g/mol. The van der Waals surface area contributed by atoms with Crippen LogP contribution < -0.4 is 4.74 Å². The van der Waals surface area contributed by atoms with Gasteiger partial charge >= 0.3 is 0 Å². The van der Waals surface area contributed by atoms with E-state index in [1.807, 2.05) is 0 Å². The first kappa shape index (κ1) is 24.4. The van der Waals surface area contributed by atoms with Crippen LogP contribution in [0.3, 0.4) is 0 Å². The van der Waals surface area contributed by atoms with Gasteiger partial charge < -0.3 is 14.0 Å². The molecule has 2 aromatic rings. The Kier molecular flexibility index (Phi) is 9.87. The maximum absolute atomic E-state index is 5.87. The van der Waals surface area contributed by atoms with Crippen molar-refractivity contribution >= 4 is 0 Å². The van der Waals surface area contributed by atoms with Crippen LogP contribution in [0.25, 0.3) is 0 Å². The van der Waals surface area contributed by atoms with Gasteiger partial charge in [-0.25, -0.2) is 0 Å². The van der Waals surface area contributed by atoms with Gasteiger partial charge in [0.25, 0.3) is 0 Å². The second kappa shape index (κ2) is 12.1. The molecular weight excluding hydrogens is 370 g/mol. The average Bonchev–Trinajstić information content (AvgIpc) is 2.71. The van der Waals surface area contributed by atoms with Crippen molar-refractivity contribution in [2.75, 3.05) is 40.5 Å². The molecule has 0 bridgehead atoms. The molecule has 2 aromatic carbocycles. The van der Waals surface area contributed by atoms with E-state index in [1.54, 1.807) is 0 Å². The van der Waals surface area contributed by atoms with Crippen molar-refractivity contribution in [3.05, 3.63) is 65.7 Å². The lowest BCUT2D eigenvalue weighted by molar-refractivity contribution is -0.904.